The Kier molecular flexibility index (Phi) is 27.1. The van der Waals surface area contributed by atoms with Gasteiger partial charge in [0.15, 0.2) is 28.8 Å². The molecule has 0 aliphatic rings. The normalized spacial score (nSPS) is 11.5. The number of rotatable bonds is 35. The Hall–Kier alpha value is -3.15. The maximum Gasteiger partial charge on any atom is 0.189 e. The van der Waals surface area contributed by atoms with E-state index < -0.39 is 0 Å². The zero-order valence-electron chi connectivity index (χ0n) is 34.3. The average Bonchev–Trinajstić information content (AvgIpc) is 3.17. The predicted octanol–water partition coefficient (Wildman–Crippen LogP) is 14.4. The Morgan fingerprint density at radius 2 is 0.736 bits per heavy atom. The van der Waals surface area contributed by atoms with E-state index >= 15 is 0 Å². The van der Waals surface area contributed by atoms with E-state index in [1.54, 1.807) is 24.3 Å². The van der Waals surface area contributed by atoms with Gasteiger partial charge in [0.1, 0.15) is 5.76 Å². The molecule has 0 aliphatic heterocycles. The molecule has 53 heavy (non-hydrogen) atoms. The molecule has 6 heteroatoms. The highest BCUT2D eigenvalue weighted by Gasteiger charge is 2.15. The van der Waals surface area contributed by atoms with Crippen LogP contribution in [0, 0.1) is 0 Å². The number of hydrogen-bond donors (Lipinski definition) is 1. The molecule has 2 aromatic rings. The van der Waals surface area contributed by atoms with Crippen LogP contribution in [0.5, 0.6) is 23.0 Å². The van der Waals surface area contributed by atoms with Gasteiger partial charge in [-0.2, -0.15) is 0 Å². The summed E-state index contributed by atoms with van der Waals surface area (Å²) in [6, 6.07) is 10.8. The molecule has 0 bridgehead atoms. The van der Waals surface area contributed by atoms with Crippen molar-refractivity contribution in [2.75, 3.05) is 26.4 Å². The van der Waals surface area contributed by atoms with Crippen LogP contribution in [-0.4, -0.2) is 37.3 Å². The SMILES string of the molecule is CCCCCCCCOc1ccc(C(=O)/C=C(\O)c2ccc(OCCCCCCCC)c(OCCCCCCCC)c2)cc1OCCCCCCCC. The van der Waals surface area contributed by atoms with Crippen LogP contribution < -0.4 is 18.9 Å². The van der Waals surface area contributed by atoms with Crippen LogP contribution in [0.2, 0.25) is 0 Å². The van der Waals surface area contributed by atoms with Gasteiger partial charge in [-0.1, -0.05) is 156 Å². The summed E-state index contributed by atoms with van der Waals surface area (Å²) in [7, 11) is 0. The van der Waals surface area contributed by atoms with Crippen molar-refractivity contribution in [2.24, 2.45) is 0 Å². The maximum atomic E-state index is 13.5. The van der Waals surface area contributed by atoms with Crippen LogP contribution in [0.3, 0.4) is 0 Å². The lowest BCUT2D eigenvalue weighted by atomic mass is 10.1. The molecule has 0 spiro atoms. The van der Waals surface area contributed by atoms with Crippen molar-refractivity contribution in [3.63, 3.8) is 0 Å². The van der Waals surface area contributed by atoms with Gasteiger partial charge >= 0.3 is 0 Å². The zero-order chi connectivity index (χ0) is 38.2. The fraction of sp³-hybridized carbons (Fsp3) is 0.681. The van der Waals surface area contributed by atoms with E-state index in [1.165, 1.54) is 109 Å². The number of ketones is 1. The van der Waals surface area contributed by atoms with Gasteiger partial charge in [0, 0.05) is 17.2 Å². The molecule has 0 aromatic heterocycles. The van der Waals surface area contributed by atoms with Gasteiger partial charge < -0.3 is 24.1 Å². The number of ether oxygens (including phenoxy) is 4. The van der Waals surface area contributed by atoms with Gasteiger partial charge in [-0.05, 0) is 62.1 Å². The lowest BCUT2D eigenvalue weighted by Crippen LogP contribution is -2.05. The minimum atomic E-state index is -0.299. The minimum absolute atomic E-state index is 0.111. The first-order valence-corrected chi connectivity index (χ1v) is 21.8. The van der Waals surface area contributed by atoms with Gasteiger partial charge in [-0.3, -0.25) is 4.79 Å². The lowest BCUT2D eigenvalue weighted by molar-refractivity contribution is 0.104. The van der Waals surface area contributed by atoms with Gasteiger partial charge in [0.25, 0.3) is 0 Å². The van der Waals surface area contributed by atoms with E-state index in [0.29, 0.717) is 60.6 Å². The summed E-state index contributed by atoms with van der Waals surface area (Å²) in [6.45, 7) is 11.3. The van der Waals surface area contributed by atoms with Gasteiger partial charge in [0.05, 0.1) is 26.4 Å². The van der Waals surface area contributed by atoms with Gasteiger partial charge in [-0.25, -0.2) is 0 Å². The van der Waals surface area contributed by atoms with Crippen LogP contribution in [0.4, 0.5) is 0 Å². The largest absolute Gasteiger partial charge is 0.507 e. The van der Waals surface area contributed by atoms with E-state index in [1.807, 2.05) is 12.1 Å². The maximum absolute atomic E-state index is 13.5. The number of benzene rings is 2. The van der Waals surface area contributed by atoms with Crippen molar-refractivity contribution in [2.45, 2.75) is 182 Å². The first-order chi connectivity index (χ1) is 26.0. The van der Waals surface area contributed by atoms with E-state index in [9.17, 15) is 9.90 Å². The molecule has 0 radical (unpaired) electrons. The van der Waals surface area contributed by atoms with Crippen molar-refractivity contribution in [3.05, 3.63) is 53.6 Å². The van der Waals surface area contributed by atoms with E-state index in [2.05, 4.69) is 27.7 Å². The summed E-state index contributed by atoms with van der Waals surface area (Å²) in [5.41, 5.74) is 0.960. The first kappa shape index (κ1) is 46.0. The Labute approximate surface area is 324 Å². The highest BCUT2D eigenvalue weighted by atomic mass is 16.5. The number of aliphatic hydroxyl groups is 1. The summed E-state index contributed by atoms with van der Waals surface area (Å²) in [6.07, 6.45) is 29.7. The Morgan fingerprint density at radius 1 is 0.434 bits per heavy atom. The van der Waals surface area contributed by atoms with Crippen molar-refractivity contribution >= 4 is 11.5 Å². The molecule has 1 N–H and O–H groups in total. The summed E-state index contributed by atoms with van der Waals surface area (Å²) < 4.78 is 24.8. The smallest absolute Gasteiger partial charge is 0.189 e. The number of unbranched alkanes of at least 4 members (excludes halogenated alkanes) is 20. The van der Waals surface area contributed by atoms with Crippen LogP contribution in [0.15, 0.2) is 42.5 Å². The molecule has 0 saturated heterocycles. The standard InChI is InChI=1S/C47H76O6/c1-5-9-13-17-21-25-33-50-44-31-29-40(37-46(44)52-35-27-23-19-15-11-7-3)42(48)39-43(49)41-30-32-45(51-34-26-22-18-14-10-6-2)47(38-41)53-36-28-24-20-16-12-8-4/h29-32,37-39,48H,5-28,33-36H2,1-4H3/b42-39-. The minimum Gasteiger partial charge on any atom is -0.507 e. The number of aliphatic hydroxyl groups excluding tert-OH is 1. The van der Waals surface area contributed by atoms with Gasteiger partial charge in [0.2, 0.25) is 0 Å². The van der Waals surface area contributed by atoms with Crippen LogP contribution in [-0.2, 0) is 0 Å². The molecular weight excluding hydrogens is 661 g/mol. The van der Waals surface area contributed by atoms with Gasteiger partial charge in [-0.15, -0.1) is 0 Å². The van der Waals surface area contributed by atoms with E-state index in [4.69, 9.17) is 18.9 Å². The van der Waals surface area contributed by atoms with Crippen molar-refractivity contribution < 1.29 is 28.8 Å². The fourth-order valence-corrected chi connectivity index (χ4v) is 6.34. The first-order valence-electron chi connectivity index (χ1n) is 21.8. The number of hydrogen-bond acceptors (Lipinski definition) is 6. The second kappa shape index (κ2) is 31.2. The molecule has 0 unspecified atom stereocenters. The summed E-state index contributed by atoms with van der Waals surface area (Å²) in [5, 5.41) is 11.2. The van der Waals surface area contributed by atoms with Crippen LogP contribution in [0.1, 0.15) is 198 Å². The lowest BCUT2D eigenvalue weighted by Gasteiger charge is -2.15. The summed E-state index contributed by atoms with van der Waals surface area (Å²) in [4.78, 5) is 13.5. The Morgan fingerprint density at radius 3 is 1.11 bits per heavy atom. The Balaban J connectivity index is 2.13. The molecule has 0 heterocycles. The van der Waals surface area contributed by atoms with Crippen molar-refractivity contribution in [3.8, 4) is 23.0 Å². The van der Waals surface area contributed by atoms with Crippen molar-refractivity contribution in [1.82, 2.24) is 0 Å². The number of carbonyl (C=O) groups is 1. The molecule has 0 fully saturated rings. The monoisotopic (exact) mass is 737 g/mol. The third kappa shape index (κ3) is 21.4. The molecule has 0 atom stereocenters. The zero-order valence-corrected chi connectivity index (χ0v) is 34.3. The van der Waals surface area contributed by atoms with Crippen LogP contribution >= 0.6 is 0 Å². The number of allylic oxidation sites excluding steroid dienone is 1. The van der Waals surface area contributed by atoms with Crippen LogP contribution in [0.25, 0.3) is 5.76 Å². The molecule has 6 nitrogen and oxygen atoms in total. The molecule has 0 amide bonds. The molecule has 300 valence electrons. The highest BCUT2D eigenvalue weighted by Crippen LogP contribution is 2.33. The number of carbonyl (C=O) groups excluding carboxylic acids is 1. The summed E-state index contributed by atoms with van der Waals surface area (Å²) >= 11 is 0. The topological polar surface area (TPSA) is 74.2 Å². The third-order valence-corrected chi connectivity index (χ3v) is 9.76. The second-order valence-corrected chi connectivity index (χ2v) is 14.7. The highest BCUT2D eigenvalue weighted by molar-refractivity contribution is 6.08. The quantitative estimate of drug-likeness (QED) is 0.0329. The van der Waals surface area contributed by atoms with E-state index in [0.717, 1.165) is 51.4 Å². The molecule has 0 saturated carbocycles. The fourth-order valence-electron chi connectivity index (χ4n) is 6.34. The predicted molar refractivity (Wildman–Crippen MR) is 223 cm³/mol. The molecule has 2 aromatic carbocycles. The third-order valence-electron chi connectivity index (χ3n) is 9.76. The van der Waals surface area contributed by atoms with E-state index in [-0.39, 0.29) is 11.5 Å². The average molecular weight is 737 g/mol. The summed E-state index contributed by atoms with van der Waals surface area (Å²) in [5.74, 6) is 2.12. The second-order valence-electron chi connectivity index (χ2n) is 14.7. The molecular formula is C47H76O6. The molecule has 2 rings (SSSR count). The molecule has 0 aliphatic carbocycles. The Bertz CT molecular complexity index is 1240. The van der Waals surface area contributed by atoms with Crippen molar-refractivity contribution in [1.29, 1.82) is 0 Å².